The van der Waals surface area contributed by atoms with Crippen LogP contribution in [-0.4, -0.2) is 23.6 Å². The monoisotopic (exact) mass is 248 g/mol. The lowest BCUT2D eigenvalue weighted by atomic mass is 10.0. The second-order valence-electron chi connectivity index (χ2n) is 5.07. The molecule has 4 nitrogen and oxygen atoms in total. The van der Waals surface area contributed by atoms with E-state index in [1.165, 1.54) is 6.07 Å². The van der Waals surface area contributed by atoms with Crippen LogP contribution in [0.1, 0.15) is 35.2 Å². The molecule has 0 aromatic heterocycles. The first-order valence-electron chi connectivity index (χ1n) is 6.41. The van der Waals surface area contributed by atoms with Gasteiger partial charge in [-0.2, -0.15) is 0 Å². The molecule has 1 aromatic rings. The van der Waals surface area contributed by atoms with Crippen molar-refractivity contribution in [2.75, 3.05) is 6.54 Å². The number of phenols is 1. The van der Waals surface area contributed by atoms with E-state index in [4.69, 9.17) is 5.73 Å². The van der Waals surface area contributed by atoms with E-state index < -0.39 is 0 Å². The van der Waals surface area contributed by atoms with Crippen molar-refractivity contribution in [2.45, 2.75) is 32.2 Å². The van der Waals surface area contributed by atoms with Gasteiger partial charge in [-0.05, 0) is 43.4 Å². The lowest BCUT2D eigenvalue weighted by molar-refractivity contribution is 0.0946. The van der Waals surface area contributed by atoms with E-state index in [1.807, 2.05) is 0 Å². The van der Waals surface area contributed by atoms with Crippen molar-refractivity contribution >= 4 is 5.91 Å². The highest BCUT2D eigenvalue weighted by atomic mass is 16.3. The third-order valence-corrected chi connectivity index (χ3v) is 3.71. The molecule has 0 bridgehead atoms. The smallest absolute Gasteiger partial charge is 0.251 e. The molecule has 98 valence electrons. The molecular formula is C14H20N2O2. The van der Waals surface area contributed by atoms with Crippen molar-refractivity contribution in [3.63, 3.8) is 0 Å². The number of carbonyl (C=O) groups excluding carboxylic acids is 1. The summed E-state index contributed by atoms with van der Waals surface area (Å²) >= 11 is 0. The summed E-state index contributed by atoms with van der Waals surface area (Å²) in [5.41, 5.74) is 7.21. The van der Waals surface area contributed by atoms with Crippen molar-refractivity contribution in [3.8, 4) is 5.75 Å². The first-order chi connectivity index (χ1) is 8.58. The molecule has 4 N–H and O–H groups in total. The first-order valence-corrected chi connectivity index (χ1v) is 6.41. The van der Waals surface area contributed by atoms with Gasteiger partial charge in [-0.3, -0.25) is 4.79 Å². The number of rotatable bonds is 3. The minimum Gasteiger partial charge on any atom is -0.508 e. The van der Waals surface area contributed by atoms with Crippen LogP contribution >= 0.6 is 0 Å². The van der Waals surface area contributed by atoms with Gasteiger partial charge in [0.05, 0.1) is 0 Å². The van der Waals surface area contributed by atoms with Crippen molar-refractivity contribution in [1.82, 2.24) is 5.32 Å². The number of nitrogens with one attached hydrogen (secondary N) is 1. The van der Waals surface area contributed by atoms with Gasteiger partial charge in [-0.15, -0.1) is 0 Å². The Hall–Kier alpha value is -1.55. The quantitative estimate of drug-likeness (QED) is 0.759. The van der Waals surface area contributed by atoms with Gasteiger partial charge in [-0.1, -0.05) is 12.5 Å². The van der Waals surface area contributed by atoms with Gasteiger partial charge < -0.3 is 16.2 Å². The highest BCUT2D eigenvalue weighted by Crippen LogP contribution is 2.23. The molecule has 0 aliphatic heterocycles. The second kappa shape index (κ2) is 5.40. The fraction of sp³-hybridized carbons (Fsp3) is 0.500. The maximum Gasteiger partial charge on any atom is 0.251 e. The fourth-order valence-corrected chi connectivity index (χ4v) is 2.40. The Kier molecular flexibility index (Phi) is 3.87. The number of hydrogen-bond acceptors (Lipinski definition) is 3. The van der Waals surface area contributed by atoms with Crippen LogP contribution in [0, 0.1) is 12.8 Å². The maximum atomic E-state index is 11.9. The van der Waals surface area contributed by atoms with Crippen molar-refractivity contribution in [1.29, 1.82) is 0 Å². The van der Waals surface area contributed by atoms with E-state index in [1.54, 1.807) is 19.1 Å². The average molecular weight is 248 g/mol. The normalized spacial score (nSPS) is 23.0. The Bertz CT molecular complexity index is 445. The molecule has 2 unspecified atom stereocenters. The lowest BCUT2D eigenvalue weighted by Crippen LogP contribution is -2.35. The lowest BCUT2D eigenvalue weighted by Gasteiger charge is -2.16. The molecule has 1 aliphatic rings. The Labute approximate surface area is 107 Å². The molecule has 2 rings (SSSR count). The summed E-state index contributed by atoms with van der Waals surface area (Å²) in [5, 5.41) is 12.5. The van der Waals surface area contributed by atoms with Crippen LogP contribution in [0.25, 0.3) is 0 Å². The SMILES string of the molecule is Cc1ccc(C(=O)NCC2CCCC2N)cc1O. The number of amides is 1. The molecular weight excluding hydrogens is 228 g/mol. The maximum absolute atomic E-state index is 11.9. The van der Waals surface area contributed by atoms with Crippen LogP contribution in [0.4, 0.5) is 0 Å². The number of phenolic OH excluding ortho intramolecular Hbond substituents is 1. The average Bonchev–Trinajstić information content (AvgIpc) is 2.75. The minimum absolute atomic E-state index is 0.149. The molecule has 1 fully saturated rings. The molecule has 0 heterocycles. The van der Waals surface area contributed by atoms with Crippen LogP contribution in [-0.2, 0) is 0 Å². The molecule has 4 heteroatoms. The van der Waals surface area contributed by atoms with Crippen LogP contribution < -0.4 is 11.1 Å². The van der Waals surface area contributed by atoms with Gasteiger partial charge in [0.25, 0.3) is 5.91 Å². The van der Waals surface area contributed by atoms with E-state index in [0.29, 0.717) is 18.0 Å². The number of nitrogens with two attached hydrogens (primary N) is 1. The molecule has 0 spiro atoms. The third kappa shape index (κ3) is 2.82. The Morgan fingerprint density at radius 2 is 2.28 bits per heavy atom. The fourth-order valence-electron chi connectivity index (χ4n) is 2.40. The number of carbonyl (C=O) groups is 1. The van der Waals surface area contributed by atoms with Gasteiger partial charge in [0.15, 0.2) is 0 Å². The molecule has 1 aromatic carbocycles. The molecule has 0 radical (unpaired) electrons. The largest absolute Gasteiger partial charge is 0.508 e. The van der Waals surface area contributed by atoms with E-state index in [0.717, 1.165) is 24.8 Å². The summed E-state index contributed by atoms with van der Waals surface area (Å²) in [6, 6.07) is 5.17. The van der Waals surface area contributed by atoms with E-state index in [2.05, 4.69) is 5.32 Å². The summed E-state index contributed by atoms with van der Waals surface area (Å²) in [6.45, 7) is 2.42. The minimum atomic E-state index is -0.149. The van der Waals surface area contributed by atoms with Gasteiger partial charge in [-0.25, -0.2) is 0 Å². The van der Waals surface area contributed by atoms with Gasteiger partial charge in [0.1, 0.15) is 5.75 Å². The number of aryl methyl sites for hydroxylation is 1. The Morgan fingerprint density at radius 1 is 1.50 bits per heavy atom. The molecule has 18 heavy (non-hydrogen) atoms. The number of hydrogen-bond donors (Lipinski definition) is 3. The number of benzene rings is 1. The molecule has 1 amide bonds. The summed E-state index contributed by atoms with van der Waals surface area (Å²) in [7, 11) is 0. The summed E-state index contributed by atoms with van der Waals surface area (Å²) in [4.78, 5) is 11.9. The van der Waals surface area contributed by atoms with E-state index in [9.17, 15) is 9.90 Å². The van der Waals surface area contributed by atoms with Crippen LogP contribution in [0.15, 0.2) is 18.2 Å². The zero-order valence-corrected chi connectivity index (χ0v) is 10.6. The van der Waals surface area contributed by atoms with E-state index in [-0.39, 0.29) is 17.7 Å². The second-order valence-corrected chi connectivity index (χ2v) is 5.07. The molecule has 1 saturated carbocycles. The van der Waals surface area contributed by atoms with Crippen LogP contribution in [0.3, 0.4) is 0 Å². The first kappa shape index (κ1) is 12.9. The summed E-state index contributed by atoms with van der Waals surface area (Å²) < 4.78 is 0. The van der Waals surface area contributed by atoms with Crippen molar-refractivity contribution in [2.24, 2.45) is 11.7 Å². The Balaban J connectivity index is 1.93. The molecule has 1 aliphatic carbocycles. The summed E-state index contributed by atoms with van der Waals surface area (Å²) in [6.07, 6.45) is 3.28. The zero-order valence-electron chi connectivity index (χ0n) is 10.6. The van der Waals surface area contributed by atoms with Gasteiger partial charge in [0, 0.05) is 18.2 Å². The third-order valence-electron chi connectivity index (χ3n) is 3.71. The van der Waals surface area contributed by atoms with Gasteiger partial charge in [0.2, 0.25) is 0 Å². The molecule has 2 atom stereocenters. The molecule has 0 saturated heterocycles. The van der Waals surface area contributed by atoms with E-state index >= 15 is 0 Å². The highest BCUT2D eigenvalue weighted by Gasteiger charge is 2.24. The Morgan fingerprint density at radius 3 is 2.89 bits per heavy atom. The van der Waals surface area contributed by atoms with Crippen LogP contribution in [0.2, 0.25) is 0 Å². The van der Waals surface area contributed by atoms with Crippen LogP contribution in [0.5, 0.6) is 5.75 Å². The standard InChI is InChI=1S/C14H20N2O2/c1-9-5-6-10(7-13(9)17)14(18)16-8-11-3-2-4-12(11)15/h5-7,11-12,17H,2-4,8,15H2,1H3,(H,16,18). The van der Waals surface area contributed by atoms with Crippen molar-refractivity contribution < 1.29 is 9.90 Å². The predicted octanol–water partition coefficient (Wildman–Crippen LogP) is 1.56. The topological polar surface area (TPSA) is 75.4 Å². The summed E-state index contributed by atoms with van der Waals surface area (Å²) in [5.74, 6) is 0.387. The van der Waals surface area contributed by atoms with Crippen molar-refractivity contribution in [3.05, 3.63) is 29.3 Å². The predicted molar refractivity (Wildman–Crippen MR) is 70.5 cm³/mol. The number of aromatic hydroxyl groups is 1. The zero-order chi connectivity index (χ0) is 13.1. The highest BCUT2D eigenvalue weighted by molar-refractivity contribution is 5.94. The van der Waals surface area contributed by atoms with Gasteiger partial charge >= 0.3 is 0 Å².